The van der Waals surface area contributed by atoms with Gasteiger partial charge in [0, 0.05) is 0 Å². The van der Waals surface area contributed by atoms with Gasteiger partial charge in [0.2, 0.25) is 0 Å². The molecule has 0 spiro atoms. The van der Waals surface area contributed by atoms with Crippen molar-refractivity contribution in [2.75, 3.05) is 0 Å². The van der Waals surface area contributed by atoms with E-state index in [0.29, 0.717) is 0 Å². The third-order valence-electron chi connectivity index (χ3n) is 0. The molecular formula is Br3Pb-. The predicted octanol–water partition coefficient (Wildman–Crippen LogP) is -9.37. The molecule has 0 unspecified atom stereocenters. The molecule has 26 valence electrons. The first kappa shape index (κ1) is 32.8. The molecule has 0 nitrogen and oxygen atoms in total. The van der Waals surface area contributed by atoms with Gasteiger partial charge in [-0.25, -0.2) is 0 Å². The molecule has 0 bridgehead atoms. The first-order valence-electron chi connectivity index (χ1n) is 0. The molecule has 4 heteroatoms. The van der Waals surface area contributed by atoms with E-state index in [1.165, 1.54) is 0 Å². The summed E-state index contributed by atoms with van der Waals surface area (Å²) in [4.78, 5) is 0. The molecule has 0 heterocycles. The van der Waals surface area contributed by atoms with Crippen LogP contribution >= 0.6 is 0 Å². The molecule has 0 aliphatic carbocycles. The molecule has 0 amide bonds. The summed E-state index contributed by atoms with van der Waals surface area (Å²) in [5.41, 5.74) is 0. The molecule has 4 heavy (non-hydrogen) atoms. The predicted molar refractivity (Wildman–Crippen MR) is 5.75 cm³/mol. The second-order valence-corrected chi connectivity index (χ2v) is 0. The smallest absolute Gasteiger partial charge is 1.00 e. The fourth-order valence-corrected chi connectivity index (χ4v) is 0. The molecule has 0 fully saturated rings. The molecule has 0 atom stereocenters. The molecule has 0 aromatic carbocycles. The first-order valence-corrected chi connectivity index (χ1v) is 0. The van der Waals surface area contributed by atoms with E-state index in [9.17, 15) is 0 Å². The van der Waals surface area contributed by atoms with Gasteiger partial charge in [0.25, 0.3) is 0 Å². The number of hydrogen-bond acceptors (Lipinski definition) is 0. The minimum atomic E-state index is 0. The van der Waals surface area contributed by atoms with Gasteiger partial charge in [0.05, 0.1) is 0 Å². The van der Waals surface area contributed by atoms with E-state index >= 15 is 0 Å². The van der Waals surface area contributed by atoms with Crippen LogP contribution in [0.3, 0.4) is 0 Å². The summed E-state index contributed by atoms with van der Waals surface area (Å²) in [5.74, 6) is 0. The third kappa shape index (κ3) is 8.84. The van der Waals surface area contributed by atoms with Gasteiger partial charge < -0.3 is 50.9 Å². The maximum absolute atomic E-state index is 0. The number of halogens is 3. The molecule has 0 saturated heterocycles. The van der Waals surface area contributed by atoms with Crippen molar-refractivity contribution in [1.82, 2.24) is 0 Å². The maximum Gasteiger partial charge on any atom is 2.00 e. The zero-order valence-corrected chi connectivity index (χ0v) is 10.3. The summed E-state index contributed by atoms with van der Waals surface area (Å²) < 4.78 is 0. The average Bonchev–Trinajstić information content (AvgIpc) is 0. The molecule has 0 aromatic heterocycles. The van der Waals surface area contributed by atoms with Crippen molar-refractivity contribution in [2.24, 2.45) is 0 Å². The van der Waals surface area contributed by atoms with Gasteiger partial charge in [-0.1, -0.05) is 0 Å². The fourth-order valence-electron chi connectivity index (χ4n) is 0. The summed E-state index contributed by atoms with van der Waals surface area (Å²) in [6.07, 6.45) is 0. The van der Waals surface area contributed by atoms with Crippen molar-refractivity contribution in [3.63, 3.8) is 0 Å². The minimum Gasteiger partial charge on any atom is -1.00 e. The van der Waals surface area contributed by atoms with E-state index in [1.807, 2.05) is 0 Å². The van der Waals surface area contributed by atoms with Gasteiger partial charge in [-0.05, 0) is 0 Å². The van der Waals surface area contributed by atoms with Crippen molar-refractivity contribution in [3.05, 3.63) is 0 Å². The standard InChI is InChI=1S/3BrH.Pb/h3*1H;/q;;;+2/p-3. The zero-order valence-electron chi connectivity index (χ0n) is 1.63. The monoisotopic (exact) mass is 445 g/mol. The van der Waals surface area contributed by atoms with Crippen LogP contribution in [0.2, 0.25) is 0 Å². The Morgan fingerprint density at radius 1 is 0.500 bits per heavy atom. The summed E-state index contributed by atoms with van der Waals surface area (Å²) in [5, 5.41) is 0. The Hall–Kier alpha value is 2.36. The SMILES string of the molecule is [Br-].[Br-].[Br-].[Pb+2]. The van der Waals surface area contributed by atoms with Crippen LogP contribution in [0, 0.1) is 0 Å². The van der Waals surface area contributed by atoms with Crippen LogP contribution in [0.15, 0.2) is 0 Å². The van der Waals surface area contributed by atoms with Crippen LogP contribution < -0.4 is 50.9 Å². The van der Waals surface area contributed by atoms with E-state index in [4.69, 9.17) is 0 Å². The van der Waals surface area contributed by atoms with Crippen molar-refractivity contribution in [2.45, 2.75) is 0 Å². The molecule has 0 N–H and O–H groups in total. The molecule has 2 radical (unpaired) electrons. The quantitative estimate of drug-likeness (QED) is 0.324. The van der Waals surface area contributed by atoms with Crippen LogP contribution in [0.1, 0.15) is 0 Å². The van der Waals surface area contributed by atoms with E-state index in [0.717, 1.165) is 0 Å². The van der Waals surface area contributed by atoms with Crippen molar-refractivity contribution < 1.29 is 50.9 Å². The van der Waals surface area contributed by atoms with Gasteiger partial charge in [0.15, 0.2) is 0 Å². The average molecular weight is 447 g/mol. The first-order chi connectivity index (χ1) is 0. The molecule has 0 rings (SSSR count). The molecule has 0 saturated carbocycles. The second-order valence-electron chi connectivity index (χ2n) is 0. The Morgan fingerprint density at radius 2 is 0.500 bits per heavy atom. The van der Waals surface area contributed by atoms with Gasteiger partial charge in [-0.15, -0.1) is 0 Å². The topological polar surface area (TPSA) is 0 Å². The summed E-state index contributed by atoms with van der Waals surface area (Å²) in [7, 11) is 0. The van der Waals surface area contributed by atoms with E-state index in [-0.39, 0.29) is 78.2 Å². The van der Waals surface area contributed by atoms with Crippen LogP contribution in [-0.2, 0) is 0 Å². The van der Waals surface area contributed by atoms with Gasteiger partial charge in [-0.2, -0.15) is 0 Å². The summed E-state index contributed by atoms with van der Waals surface area (Å²) in [6.45, 7) is 0. The Labute approximate surface area is 77.2 Å². The summed E-state index contributed by atoms with van der Waals surface area (Å²) >= 11 is 0. The van der Waals surface area contributed by atoms with Crippen molar-refractivity contribution >= 4 is 27.3 Å². The van der Waals surface area contributed by atoms with Crippen LogP contribution in [-0.4, -0.2) is 27.3 Å². The van der Waals surface area contributed by atoms with Gasteiger partial charge in [-0.3, -0.25) is 0 Å². The number of hydrogen-bond donors (Lipinski definition) is 0. The third-order valence-corrected chi connectivity index (χ3v) is 0. The molecule has 0 aliphatic heterocycles. The fraction of sp³-hybridized carbons (Fsp3) is 0. The van der Waals surface area contributed by atoms with Crippen molar-refractivity contribution in [1.29, 1.82) is 0 Å². The maximum atomic E-state index is 0. The Bertz CT molecular complexity index is 3.25. The molecular weight excluding hydrogens is 447 g/mol. The Balaban J connectivity index is 0. The summed E-state index contributed by atoms with van der Waals surface area (Å²) in [6, 6.07) is 0. The Kier molecular flexibility index (Phi) is 150. The largest absolute Gasteiger partial charge is 2.00 e. The zero-order chi connectivity index (χ0) is 0. The normalized spacial score (nSPS) is 0. The van der Waals surface area contributed by atoms with Crippen molar-refractivity contribution in [3.8, 4) is 0 Å². The van der Waals surface area contributed by atoms with Gasteiger partial charge >= 0.3 is 27.3 Å². The number of rotatable bonds is 0. The van der Waals surface area contributed by atoms with Crippen LogP contribution in [0.4, 0.5) is 0 Å². The van der Waals surface area contributed by atoms with Crippen LogP contribution in [0.25, 0.3) is 0 Å². The van der Waals surface area contributed by atoms with E-state index in [2.05, 4.69) is 0 Å². The molecule has 0 aliphatic rings. The second kappa shape index (κ2) is 18.3. The van der Waals surface area contributed by atoms with E-state index in [1.54, 1.807) is 0 Å². The Morgan fingerprint density at radius 3 is 0.500 bits per heavy atom. The molecule has 0 aromatic rings. The van der Waals surface area contributed by atoms with Crippen LogP contribution in [0.5, 0.6) is 0 Å². The van der Waals surface area contributed by atoms with E-state index < -0.39 is 0 Å². The minimum absolute atomic E-state index is 0. The van der Waals surface area contributed by atoms with Gasteiger partial charge in [0.1, 0.15) is 0 Å².